The van der Waals surface area contributed by atoms with E-state index in [1.807, 2.05) is 21.6 Å². The van der Waals surface area contributed by atoms with Gasteiger partial charge in [0.2, 0.25) is 11.8 Å². The molecule has 0 aromatic heterocycles. The highest BCUT2D eigenvalue weighted by Gasteiger charge is 2.52. The van der Waals surface area contributed by atoms with Crippen LogP contribution in [0, 0.1) is 34.5 Å². The van der Waals surface area contributed by atoms with Crippen LogP contribution < -0.4 is 10.6 Å². The summed E-state index contributed by atoms with van der Waals surface area (Å²) in [6, 6.07) is 0. The van der Waals surface area contributed by atoms with Gasteiger partial charge in [0, 0.05) is 30.5 Å². The summed E-state index contributed by atoms with van der Waals surface area (Å²) in [5.74, 6) is -7.30. The third-order valence-corrected chi connectivity index (χ3v) is 10.5. The molecule has 1 aliphatic heterocycles. The van der Waals surface area contributed by atoms with Crippen molar-refractivity contribution in [1.82, 2.24) is 10.6 Å². The normalized spacial score (nSPS) is 18.3. The number of hydrogen-bond donors (Lipinski definition) is 5. The molecule has 0 aliphatic carbocycles. The maximum Gasteiger partial charge on any atom is 0.309 e. The van der Waals surface area contributed by atoms with E-state index >= 15 is 0 Å². The number of aliphatic carboxylic acids is 3. The topological polar surface area (TPSA) is 170 Å². The molecule has 4 atom stereocenters. The summed E-state index contributed by atoms with van der Waals surface area (Å²) in [5.41, 5.74) is -2.92. The second kappa shape index (κ2) is 15.7. The summed E-state index contributed by atoms with van der Waals surface area (Å²) in [5, 5.41) is 35.7. The van der Waals surface area contributed by atoms with Gasteiger partial charge in [-0.3, -0.25) is 24.0 Å². The highest BCUT2D eigenvalue weighted by Crippen LogP contribution is 2.46. The van der Waals surface area contributed by atoms with Gasteiger partial charge in [-0.05, 0) is 50.9 Å². The molecule has 12 heteroatoms. The number of unbranched alkanes of at least 4 members (excludes halogenated alkanes) is 1. The Hall–Kier alpha value is -1.95. The Morgan fingerprint density at radius 2 is 1.54 bits per heavy atom. The summed E-state index contributed by atoms with van der Waals surface area (Å²) in [7, 11) is 3.83. The van der Waals surface area contributed by atoms with E-state index in [4.69, 9.17) is 0 Å². The van der Waals surface area contributed by atoms with Crippen molar-refractivity contribution in [2.45, 2.75) is 85.3 Å². The molecule has 224 valence electrons. The van der Waals surface area contributed by atoms with Crippen LogP contribution in [0.2, 0.25) is 0 Å². The van der Waals surface area contributed by atoms with Crippen LogP contribution in [0.1, 0.15) is 80.1 Å². The first-order chi connectivity index (χ1) is 18.0. The van der Waals surface area contributed by atoms with Gasteiger partial charge in [0.1, 0.15) is 0 Å². The Kier molecular flexibility index (Phi) is 14.2. The van der Waals surface area contributed by atoms with Crippen LogP contribution >= 0.6 is 21.6 Å². The van der Waals surface area contributed by atoms with Crippen molar-refractivity contribution in [3.63, 3.8) is 0 Å². The van der Waals surface area contributed by atoms with Gasteiger partial charge in [-0.1, -0.05) is 55.7 Å². The number of carboxylic acids is 3. The van der Waals surface area contributed by atoms with Crippen molar-refractivity contribution in [2.75, 3.05) is 18.8 Å². The van der Waals surface area contributed by atoms with Gasteiger partial charge in [-0.25, -0.2) is 0 Å². The first-order valence-corrected chi connectivity index (χ1v) is 15.9. The maximum absolute atomic E-state index is 13.1. The summed E-state index contributed by atoms with van der Waals surface area (Å²) >= 11 is 0. The standard InChI is InChI=1S/C27H46N2O8S2/c1-16(2)20(18(23(32)33)15-26(3,4)21(24(34)35)27(5,6)25(36)37)22(31)29-13-12-28-19(30)10-8-7-9-17-11-14-38-39-17/h16-18,20-21H,7-15H2,1-6H3,(H,28,30)(H,29,31)(H,32,33)(H,34,35)(H,36,37). The lowest BCUT2D eigenvalue weighted by Gasteiger charge is -2.42. The van der Waals surface area contributed by atoms with Crippen LogP contribution in [0.4, 0.5) is 0 Å². The van der Waals surface area contributed by atoms with Crippen LogP contribution in [0.5, 0.6) is 0 Å². The second-order valence-electron chi connectivity index (χ2n) is 11.9. The average Bonchev–Trinajstić information content (AvgIpc) is 3.31. The molecule has 39 heavy (non-hydrogen) atoms. The Morgan fingerprint density at radius 1 is 0.923 bits per heavy atom. The molecule has 1 aliphatic rings. The monoisotopic (exact) mass is 590 g/mol. The Labute approximate surface area is 239 Å². The fourth-order valence-electron chi connectivity index (χ4n) is 5.56. The zero-order valence-corrected chi connectivity index (χ0v) is 25.6. The molecule has 0 radical (unpaired) electrons. The first kappa shape index (κ1) is 35.1. The van der Waals surface area contributed by atoms with Crippen molar-refractivity contribution in [3.8, 4) is 0 Å². The average molecular weight is 591 g/mol. The lowest BCUT2D eigenvalue weighted by molar-refractivity contribution is -0.168. The first-order valence-electron chi connectivity index (χ1n) is 13.5. The quantitative estimate of drug-likeness (QED) is 0.115. The number of hydrogen-bond acceptors (Lipinski definition) is 7. The van der Waals surface area contributed by atoms with Gasteiger partial charge in [-0.15, -0.1) is 0 Å². The number of carboxylic acid groups (broad SMARTS) is 3. The minimum atomic E-state index is -1.67. The van der Waals surface area contributed by atoms with E-state index < -0.39 is 52.4 Å². The van der Waals surface area contributed by atoms with Crippen LogP contribution in [-0.4, -0.2) is 69.1 Å². The molecule has 10 nitrogen and oxygen atoms in total. The van der Waals surface area contributed by atoms with E-state index in [0.717, 1.165) is 19.3 Å². The number of amides is 2. The molecule has 0 aromatic carbocycles. The maximum atomic E-state index is 13.1. The zero-order chi connectivity index (χ0) is 30.0. The van der Waals surface area contributed by atoms with Crippen molar-refractivity contribution >= 4 is 51.3 Å². The molecular formula is C27H46N2O8S2. The molecule has 5 N–H and O–H groups in total. The van der Waals surface area contributed by atoms with Crippen LogP contribution in [0.15, 0.2) is 0 Å². The summed E-state index contributed by atoms with van der Waals surface area (Å²) < 4.78 is 0. The minimum absolute atomic E-state index is 0.0935. The van der Waals surface area contributed by atoms with Crippen LogP contribution in [0.25, 0.3) is 0 Å². The molecule has 0 bridgehead atoms. The lowest BCUT2D eigenvalue weighted by Crippen LogP contribution is -2.49. The van der Waals surface area contributed by atoms with Gasteiger partial charge in [0.05, 0.1) is 23.2 Å². The molecule has 1 saturated heterocycles. The summed E-state index contributed by atoms with van der Waals surface area (Å²) in [6.07, 6.45) is 4.35. The van der Waals surface area contributed by atoms with Gasteiger partial charge in [0.15, 0.2) is 0 Å². The molecule has 1 fully saturated rings. The highest BCUT2D eigenvalue weighted by molar-refractivity contribution is 8.77. The Morgan fingerprint density at radius 3 is 2.03 bits per heavy atom. The number of carbonyl (C=O) groups excluding carboxylic acids is 2. The molecule has 0 aromatic rings. The SMILES string of the molecule is CC(C)C(C(=O)NCCNC(=O)CCCCC1CCSS1)C(CC(C)(C)C(C(=O)O)C(C)(C)C(=O)O)C(=O)O. The van der Waals surface area contributed by atoms with Crippen molar-refractivity contribution < 1.29 is 39.3 Å². The van der Waals surface area contributed by atoms with Gasteiger partial charge in [-0.2, -0.15) is 0 Å². The van der Waals surface area contributed by atoms with E-state index in [1.54, 1.807) is 13.8 Å². The molecule has 1 rings (SSSR count). The van der Waals surface area contributed by atoms with Crippen molar-refractivity contribution in [3.05, 3.63) is 0 Å². The fraction of sp³-hybridized carbons (Fsp3) is 0.815. The van der Waals surface area contributed by atoms with Gasteiger partial charge >= 0.3 is 17.9 Å². The van der Waals surface area contributed by atoms with Crippen LogP contribution in [-0.2, 0) is 24.0 Å². The molecule has 4 unspecified atom stereocenters. The second-order valence-corrected chi connectivity index (χ2v) is 14.7. The summed E-state index contributed by atoms with van der Waals surface area (Å²) in [4.78, 5) is 61.5. The van der Waals surface area contributed by atoms with Crippen LogP contribution in [0.3, 0.4) is 0 Å². The van der Waals surface area contributed by atoms with E-state index in [2.05, 4.69) is 10.6 Å². The van der Waals surface area contributed by atoms with E-state index in [-0.39, 0.29) is 31.3 Å². The van der Waals surface area contributed by atoms with E-state index in [1.165, 1.54) is 39.9 Å². The molecular weight excluding hydrogens is 544 g/mol. The number of carbonyl (C=O) groups is 5. The largest absolute Gasteiger partial charge is 0.481 e. The van der Waals surface area contributed by atoms with Crippen molar-refractivity contribution in [1.29, 1.82) is 0 Å². The number of nitrogens with one attached hydrogen (secondary N) is 2. The molecule has 1 heterocycles. The van der Waals surface area contributed by atoms with Crippen molar-refractivity contribution in [2.24, 2.45) is 34.5 Å². The Bertz CT molecular complexity index is 872. The Balaban J connectivity index is 2.74. The number of rotatable bonds is 18. The predicted molar refractivity (Wildman–Crippen MR) is 153 cm³/mol. The lowest BCUT2D eigenvalue weighted by atomic mass is 9.60. The third kappa shape index (κ3) is 10.9. The van der Waals surface area contributed by atoms with E-state index in [0.29, 0.717) is 11.7 Å². The predicted octanol–water partition coefficient (Wildman–Crippen LogP) is 4.13. The molecule has 2 amide bonds. The highest BCUT2D eigenvalue weighted by atomic mass is 33.1. The zero-order valence-electron chi connectivity index (χ0n) is 24.0. The smallest absolute Gasteiger partial charge is 0.309 e. The molecule has 0 saturated carbocycles. The summed E-state index contributed by atoms with van der Waals surface area (Å²) in [6.45, 7) is 9.44. The fourth-order valence-corrected chi connectivity index (χ4v) is 8.59. The van der Waals surface area contributed by atoms with Gasteiger partial charge in [0.25, 0.3) is 0 Å². The molecule has 0 spiro atoms. The third-order valence-electron chi connectivity index (χ3n) is 7.47. The van der Waals surface area contributed by atoms with E-state index in [9.17, 15) is 39.3 Å². The van der Waals surface area contributed by atoms with Gasteiger partial charge < -0.3 is 26.0 Å². The minimum Gasteiger partial charge on any atom is -0.481 e.